The maximum atomic E-state index is 11.7. The third kappa shape index (κ3) is 4.34. The number of hydrogen-bond acceptors (Lipinski definition) is 3. The van der Waals surface area contributed by atoms with Crippen LogP contribution in [0.25, 0.3) is 0 Å². The smallest absolute Gasteiger partial charge is 0.307 e. The van der Waals surface area contributed by atoms with Crippen molar-refractivity contribution in [3.05, 3.63) is 0 Å². The summed E-state index contributed by atoms with van der Waals surface area (Å²) in [4.78, 5) is 24.7. The van der Waals surface area contributed by atoms with Gasteiger partial charge in [-0.15, -0.1) is 0 Å². The molecule has 0 bridgehead atoms. The first kappa shape index (κ1) is 14.0. The topological polar surface area (TPSA) is 69.6 Å². The summed E-state index contributed by atoms with van der Waals surface area (Å²) >= 11 is 0. The number of aliphatic carboxylic acids is 1. The second-order valence-corrected chi connectivity index (χ2v) is 4.76. The third-order valence-electron chi connectivity index (χ3n) is 3.48. The lowest BCUT2D eigenvalue weighted by Crippen LogP contribution is -2.39. The van der Waals surface area contributed by atoms with Crippen LogP contribution in [0.5, 0.6) is 0 Å². The van der Waals surface area contributed by atoms with Gasteiger partial charge < -0.3 is 15.3 Å². The first-order chi connectivity index (χ1) is 8.02. The van der Waals surface area contributed by atoms with Crippen LogP contribution in [0.4, 0.5) is 0 Å². The average Bonchev–Trinajstić information content (AvgIpc) is 2.79. The fraction of sp³-hybridized carbons (Fsp3) is 0.833. The molecule has 1 saturated heterocycles. The van der Waals surface area contributed by atoms with Crippen molar-refractivity contribution in [3.63, 3.8) is 0 Å². The molecule has 2 atom stereocenters. The van der Waals surface area contributed by atoms with Gasteiger partial charge in [-0.1, -0.05) is 13.8 Å². The number of carboxylic acid groups (broad SMARTS) is 1. The minimum Gasteiger partial charge on any atom is -0.481 e. The molecule has 5 heteroatoms. The van der Waals surface area contributed by atoms with Crippen LogP contribution in [0.2, 0.25) is 0 Å². The highest BCUT2D eigenvalue weighted by Gasteiger charge is 2.25. The van der Waals surface area contributed by atoms with Crippen molar-refractivity contribution < 1.29 is 14.7 Å². The number of hydrogen-bond donors (Lipinski definition) is 2. The standard InChI is InChI=1S/C12H22N2O3/c1-9(10(2)12(16)17)11(15)13-5-8-14-6-3-4-7-14/h9-10H,3-8H2,1-2H3,(H,13,15)(H,16,17). The molecule has 1 aliphatic heterocycles. The van der Waals surface area contributed by atoms with Crippen LogP contribution < -0.4 is 5.32 Å². The number of nitrogens with one attached hydrogen (secondary N) is 1. The lowest BCUT2D eigenvalue weighted by Gasteiger charge is -2.18. The molecule has 2 unspecified atom stereocenters. The number of carbonyl (C=O) groups excluding carboxylic acids is 1. The Morgan fingerprint density at radius 1 is 1.24 bits per heavy atom. The van der Waals surface area contributed by atoms with Crippen LogP contribution >= 0.6 is 0 Å². The maximum absolute atomic E-state index is 11.7. The van der Waals surface area contributed by atoms with E-state index in [0.717, 1.165) is 19.6 Å². The van der Waals surface area contributed by atoms with Crippen molar-refractivity contribution in [1.82, 2.24) is 10.2 Å². The second kappa shape index (κ2) is 6.59. The number of likely N-dealkylation sites (tertiary alicyclic amines) is 1. The molecule has 2 N–H and O–H groups in total. The van der Waals surface area contributed by atoms with E-state index in [1.54, 1.807) is 13.8 Å². The third-order valence-corrected chi connectivity index (χ3v) is 3.48. The van der Waals surface area contributed by atoms with Crippen LogP contribution in [0.1, 0.15) is 26.7 Å². The van der Waals surface area contributed by atoms with Crippen molar-refractivity contribution in [2.75, 3.05) is 26.2 Å². The molecule has 1 amide bonds. The Hall–Kier alpha value is -1.10. The average molecular weight is 242 g/mol. The van der Waals surface area contributed by atoms with E-state index in [0.29, 0.717) is 6.54 Å². The van der Waals surface area contributed by atoms with Crippen molar-refractivity contribution in [2.24, 2.45) is 11.8 Å². The molecule has 0 aromatic heterocycles. The maximum Gasteiger partial charge on any atom is 0.307 e. The van der Waals surface area contributed by atoms with Gasteiger partial charge in [0.25, 0.3) is 0 Å². The SMILES string of the molecule is CC(C(=O)O)C(C)C(=O)NCCN1CCCC1. The molecule has 0 aromatic rings. The Morgan fingerprint density at radius 2 is 1.82 bits per heavy atom. The molecular formula is C12H22N2O3. The van der Waals surface area contributed by atoms with Crippen LogP contribution in [0.15, 0.2) is 0 Å². The Bertz CT molecular complexity index is 275. The second-order valence-electron chi connectivity index (χ2n) is 4.76. The summed E-state index contributed by atoms with van der Waals surface area (Å²) in [6.07, 6.45) is 2.47. The van der Waals surface area contributed by atoms with Crippen LogP contribution in [0, 0.1) is 11.8 Å². The van der Waals surface area contributed by atoms with E-state index in [2.05, 4.69) is 10.2 Å². The summed E-state index contributed by atoms with van der Waals surface area (Å²) in [6.45, 7) is 6.90. The minimum absolute atomic E-state index is 0.168. The molecule has 1 aliphatic rings. The number of carbonyl (C=O) groups is 2. The summed E-state index contributed by atoms with van der Waals surface area (Å²) in [5.41, 5.74) is 0. The normalized spacial score (nSPS) is 19.9. The van der Waals surface area contributed by atoms with Gasteiger partial charge in [0.1, 0.15) is 0 Å². The summed E-state index contributed by atoms with van der Waals surface area (Å²) < 4.78 is 0. The summed E-state index contributed by atoms with van der Waals surface area (Å²) in [6, 6.07) is 0. The molecule has 0 spiro atoms. The summed E-state index contributed by atoms with van der Waals surface area (Å²) in [5, 5.41) is 11.6. The van der Waals surface area contributed by atoms with Crippen LogP contribution in [0.3, 0.4) is 0 Å². The van der Waals surface area contributed by atoms with E-state index >= 15 is 0 Å². The van der Waals surface area contributed by atoms with Crippen LogP contribution in [-0.2, 0) is 9.59 Å². The number of rotatable bonds is 6. The molecule has 98 valence electrons. The number of amides is 1. The van der Waals surface area contributed by atoms with Gasteiger partial charge in [-0.05, 0) is 25.9 Å². The molecule has 5 nitrogen and oxygen atoms in total. The molecule has 0 saturated carbocycles. The Balaban J connectivity index is 2.21. The highest BCUT2D eigenvalue weighted by molar-refractivity contribution is 5.84. The molecule has 1 heterocycles. The van der Waals surface area contributed by atoms with Crippen molar-refractivity contribution in [2.45, 2.75) is 26.7 Å². The van der Waals surface area contributed by atoms with Gasteiger partial charge in [0.2, 0.25) is 5.91 Å². The molecule has 1 rings (SSSR count). The van der Waals surface area contributed by atoms with Gasteiger partial charge in [0.15, 0.2) is 0 Å². The van der Waals surface area contributed by atoms with Gasteiger partial charge in [-0.3, -0.25) is 9.59 Å². The Labute approximate surface area is 102 Å². The van der Waals surface area contributed by atoms with E-state index in [1.165, 1.54) is 12.8 Å². The largest absolute Gasteiger partial charge is 0.481 e. The molecule has 0 aliphatic carbocycles. The molecule has 0 radical (unpaired) electrons. The first-order valence-electron chi connectivity index (χ1n) is 6.25. The fourth-order valence-corrected chi connectivity index (χ4v) is 1.95. The quantitative estimate of drug-likeness (QED) is 0.714. The van der Waals surface area contributed by atoms with E-state index in [-0.39, 0.29) is 5.91 Å². The van der Waals surface area contributed by atoms with Crippen molar-refractivity contribution in [1.29, 1.82) is 0 Å². The van der Waals surface area contributed by atoms with E-state index in [9.17, 15) is 9.59 Å². The molecule has 1 fully saturated rings. The highest BCUT2D eigenvalue weighted by Crippen LogP contribution is 2.11. The van der Waals surface area contributed by atoms with Crippen molar-refractivity contribution >= 4 is 11.9 Å². The van der Waals surface area contributed by atoms with Gasteiger partial charge in [0, 0.05) is 19.0 Å². The lowest BCUT2D eigenvalue weighted by molar-refractivity contribution is -0.146. The Kier molecular flexibility index (Phi) is 5.41. The Morgan fingerprint density at radius 3 is 2.35 bits per heavy atom. The van der Waals surface area contributed by atoms with Crippen molar-refractivity contribution in [3.8, 4) is 0 Å². The first-order valence-corrected chi connectivity index (χ1v) is 6.25. The lowest BCUT2D eigenvalue weighted by atomic mass is 9.95. The predicted molar refractivity (Wildman–Crippen MR) is 64.6 cm³/mol. The zero-order valence-electron chi connectivity index (χ0n) is 10.6. The van der Waals surface area contributed by atoms with Gasteiger partial charge in [-0.2, -0.15) is 0 Å². The zero-order valence-corrected chi connectivity index (χ0v) is 10.6. The summed E-state index contributed by atoms with van der Waals surface area (Å²) in [5.74, 6) is -2.21. The van der Waals surface area contributed by atoms with E-state index in [4.69, 9.17) is 5.11 Å². The number of carboxylic acids is 1. The molecular weight excluding hydrogens is 220 g/mol. The van der Waals surface area contributed by atoms with Gasteiger partial charge in [0.05, 0.1) is 5.92 Å². The monoisotopic (exact) mass is 242 g/mol. The summed E-state index contributed by atoms with van der Waals surface area (Å²) in [7, 11) is 0. The molecule has 0 aromatic carbocycles. The molecule has 17 heavy (non-hydrogen) atoms. The van der Waals surface area contributed by atoms with E-state index < -0.39 is 17.8 Å². The van der Waals surface area contributed by atoms with E-state index in [1.807, 2.05) is 0 Å². The van der Waals surface area contributed by atoms with Crippen LogP contribution in [-0.4, -0.2) is 48.1 Å². The number of nitrogens with zero attached hydrogens (tertiary/aromatic N) is 1. The van der Waals surface area contributed by atoms with Gasteiger partial charge >= 0.3 is 5.97 Å². The fourth-order valence-electron chi connectivity index (χ4n) is 1.95. The minimum atomic E-state index is -0.924. The zero-order chi connectivity index (χ0) is 12.8. The van der Waals surface area contributed by atoms with Gasteiger partial charge in [-0.25, -0.2) is 0 Å². The highest BCUT2D eigenvalue weighted by atomic mass is 16.4. The predicted octanol–water partition coefficient (Wildman–Crippen LogP) is 0.555.